The van der Waals surface area contributed by atoms with Crippen LogP contribution in [0.1, 0.15) is 28.4 Å². The predicted octanol–water partition coefficient (Wildman–Crippen LogP) is 2.17. The third kappa shape index (κ3) is 5.90. The molecule has 36 heavy (non-hydrogen) atoms. The van der Waals surface area contributed by atoms with Crippen LogP contribution in [0.4, 0.5) is 5.82 Å². The van der Waals surface area contributed by atoms with E-state index in [1.807, 2.05) is 53.4 Å². The number of Topliss-reactive ketones (excluding diaryl/α,β-unsaturated/α-hetero) is 1. The van der Waals surface area contributed by atoms with Crippen molar-refractivity contribution < 1.29 is 4.79 Å². The summed E-state index contributed by atoms with van der Waals surface area (Å²) in [5, 5.41) is 0. The van der Waals surface area contributed by atoms with E-state index in [0.717, 1.165) is 42.9 Å². The summed E-state index contributed by atoms with van der Waals surface area (Å²) in [7, 11) is 0. The zero-order valence-electron chi connectivity index (χ0n) is 20.7. The van der Waals surface area contributed by atoms with Crippen LogP contribution in [-0.4, -0.2) is 64.0 Å². The van der Waals surface area contributed by atoms with Gasteiger partial charge in [0.1, 0.15) is 11.4 Å². The second-order valence-corrected chi connectivity index (χ2v) is 8.98. The molecule has 1 aliphatic rings. The molecule has 0 unspecified atom stereocenters. The number of nitrogens with two attached hydrogens (primary N) is 1. The van der Waals surface area contributed by atoms with Crippen molar-refractivity contribution in [2.75, 3.05) is 45.0 Å². The molecule has 1 aliphatic heterocycles. The quantitative estimate of drug-likeness (QED) is 0.465. The Morgan fingerprint density at radius 1 is 0.889 bits per heavy atom. The molecule has 1 fully saturated rings. The van der Waals surface area contributed by atoms with Crippen LogP contribution in [0.3, 0.4) is 0 Å². The maximum absolute atomic E-state index is 13.3. The molecular weight excluding hydrogens is 454 g/mol. The van der Waals surface area contributed by atoms with E-state index in [4.69, 9.17) is 5.73 Å². The van der Waals surface area contributed by atoms with Crippen LogP contribution in [0.15, 0.2) is 76.3 Å². The maximum atomic E-state index is 13.3. The van der Waals surface area contributed by atoms with Gasteiger partial charge in [0, 0.05) is 39.3 Å². The number of aromatic nitrogens is 2. The lowest BCUT2D eigenvalue weighted by molar-refractivity contribution is 0.0863. The summed E-state index contributed by atoms with van der Waals surface area (Å²) in [6, 6.07) is 19.6. The van der Waals surface area contributed by atoms with Gasteiger partial charge in [-0.05, 0) is 18.1 Å². The van der Waals surface area contributed by atoms with Gasteiger partial charge in [-0.2, -0.15) is 0 Å². The Morgan fingerprint density at radius 2 is 1.50 bits per heavy atom. The molecule has 2 aromatic carbocycles. The summed E-state index contributed by atoms with van der Waals surface area (Å²) in [6.45, 7) is 6.11. The average Bonchev–Trinajstić information content (AvgIpc) is 2.89. The Labute approximate surface area is 210 Å². The third-order valence-electron chi connectivity index (χ3n) is 6.55. The smallest absolute Gasteiger partial charge is 0.332 e. The highest BCUT2D eigenvalue weighted by atomic mass is 16.2. The van der Waals surface area contributed by atoms with Crippen molar-refractivity contribution in [1.29, 1.82) is 0 Å². The minimum absolute atomic E-state index is 0.0618. The Morgan fingerprint density at radius 3 is 2.14 bits per heavy atom. The van der Waals surface area contributed by atoms with E-state index in [1.54, 1.807) is 6.92 Å². The highest BCUT2D eigenvalue weighted by Crippen LogP contribution is 2.12. The monoisotopic (exact) mass is 487 g/mol. The molecule has 0 amide bonds. The minimum Gasteiger partial charge on any atom is -0.384 e. The summed E-state index contributed by atoms with van der Waals surface area (Å²) in [5.41, 5.74) is 7.11. The molecule has 3 aromatic rings. The van der Waals surface area contributed by atoms with Crippen LogP contribution in [0.2, 0.25) is 0 Å². The van der Waals surface area contributed by atoms with Crippen molar-refractivity contribution in [3.05, 3.63) is 104 Å². The van der Waals surface area contributed by atoms with E-state index in [2.05, 4.69) is 29.2 Å². The number of rotatable bonds is 9. The fraction of sp³-hybridized carbons (Fsp3) is 0.321. The lowest BCUT2D eigenvalue weighted by Gasteiger charge is -2.33. The number of nitrogens with zero attached hydrogens (tertiary/aromatic N) is 4. The number of piperazine rings is 1. The van der Waals surface area contributed by atoms with Crippen molar-refractivity contribution in [1.82, 2.24) is 18.9 Å². The molecular formula is C28H33N5O3. The molecule has 1 aromatic heterocycles. The number of benzene rings is 2. The van der Waals surface area contributed by atoms with Gasteiger partial charge < -0.3 is 5.73 Å². The SMILES string of the molecule is CCn1c(=O)c(C(=O)CN2CCN(C/C=C/c3ccccc3)CC2)c(N)n(Cc2ccccc2)c1=O. The van der Waals surface area contributed by atoms with E-state index in [0.29, 0.717) is 0 Å². The van der Waals surface area contributed by atoms with Gasteiger partial charge in [0.15, 0.2) is 5.78 Å². The lowest BCUT2D eigenvalue weighted by Crippen LogP contribution is -2.49. The molecule has 188 valence electrons. The van der Waals surface area contributed by atoms with Gasteiger partial charge in [0.25, 0.3) is 5.56 Å². The normalized spacial score (nSPS) is 14.9. The second-order valence-electron chi connectivity index (χ2n) is 8.98. The first-order valence-electron chi connectivity index (χ1n) is 12.3. The molecule has 0 saturated carbocycles. The molecule has 2 N–H and O–H groups in total. The molecule has 2 heterocycles. The molecule has 0 bridgehead atoms. The van der Waals surface area contributed by atoms with Gasteiger partial charge in [-0.3, -0.25) is 28.5 Å². The first-order chi connectivity index (χ1) is 17.5. The van der Waals surface area contributed by atoms with Gasteiger partial charge in [0.05, 0.1) is 13.1 Å². The summed E-state index contributed by atoms with van der Waals surface area (Å²) < 4.78 is 2.41. The number of nitrogen functional groups attached to an aromatic ring is 1. The van der Waals surface area contributed by atoms with Gasteiger partial charge in [-0.15, -0.1) is 0 Å². The van der Waals surface area contributed by atoms with Crippen molar-refractivity contribution in [3.63, 3.8) is 0 Å². The number of hydrogen-bond donors (Lipinski definition) is 1. The molecule has 0 atom stereocenters. The first-order valence-corrected chi connectivity index (χ1v) is 12.3. The topological polar surface area (TPSA) is 93.6 Å². The zero-order valence-corrected chi connectivity index (χ0v) is 20.7. The fourth-order valence-electron chi connectivity index (χ4n) is 4.49. The third-order valence-corrected chi connectivity index (χ3v) is 6.55. The van der Waals surface area contributed by atoms with Crippen LogP contribution in [0.5, 0.6) is 0 Å². The van der Waals surface area contributed by atoms with Gasteiger partial charge in [-0.25, -0.2) is 4.79 Å². The van der Waals surface area contributed by atoms with E-state index >= 15 is 0 Å². The molecule has 0 radical (unpaired) electrons. The Balaban J connectivity index is 1.43. The van der Waals surface area contributed by atoms with Crippen LogP contribution in [0, 0.1) is 0 Å². The maximum Gasteiger partial charge on any atom is 0.332 e. The van der Waals surface area contributed by atoms with Crippen molar-refractivity contribution in [2.45, 2.75) is 20.0 Å². The highest BCUT2D eigenvalue weighted by Gasteiger charge is 2.25. The van der Waals surface area contributed by atoms with E-state index < -0.39 is 11.2 Å². The molecule has 8 nitrogen and oxygen atoms in total. The average molecular weight is 488 g/mol. The first kappa shape index (κ1) is 25.3. The standard InChI is InChI=1S/C28H33N5O3/c1-2-32-27(35)25(26(29)33(28(32)36)20-23-12-7-4-8-13-23)24(34)21-31-18-16-30(17-19-31)15-9-14-22-10-5-3-6-11-22/h3-14H,2,15-21,29H2,1H3/b14-9+. The van der Waals surface area contributed by atoms with Crippen molar-refractivity contribution >= 4 is 17.7 Å². The van der Waals surface area contributed by atoms with E-state index in [9.17, 15) is 14.4 Å². The molecule has 1 saturated heterocycles. The minimum atomic E-state index is -0.612. The van der Waals surface area contributed by atoms with Crippen LogP contribution in [0.25, 0.3) is 6.08 Å². The molecule has 8 heteroatoms. The molecule has 0 spiro atoms. The summed E-state index contributed by atoms with van der Waals surface area (Å²) >= 11 is 0. The molecule has 4 rings (SSSR count). The Kier molecular flexibility index (Phi) is 8.30. The second kappa shape index (κ2) is 11.8. The van der Waals surface area contributed by atoms with Crippen molar-refractivity contribution in [3.8, 4) is 0 Å². The Hall–Kier alpha value is -3.75. The van der Waals surface area contributed by atoms with Crippen LogP contribution < -0.4 is 17.0 Å². The molecule has 0 aliphatic carbocycles. The number of carbonyl (C=O) groups excluding carboxylic acids is 1. The van der Waals surface area contributed by atoms with E-state index in [-0.39, 0.29) is 36.8 Å². The van der Waals surface area contributed by atoms with Crippen LogP contribution >= 0.6 is 0 Å². The number of carbonyl (C=O) groups is 1. The largest absolute Gasteiger partial charge is 0.384 e. The Bertz CT molecular complexity index is 1320. The van der Waals surface area contributed by atoms with Gasteiger partial charge >= 0.3 is 5.69 Å². The highest BCUT2D eigenvalue weighted by molar-refractivity contribution is 6.01. The van der Waals surface area contributed by atoms with Gasteiger partial charge in [-0.1, -0.05) is 72.8 Å². The van der Waals surface area contributed by atoms with Crippen LogP contribution in [-0.2, 0) is 13.1 Å². The number of ketones is 1. The number of hydrogen-bond acceptors (Lipinski definition) is 6. The predicted molar refractivity (Wildman–Crippen MR) is 143 cm³/mol. The number of anilines is 1. The summed E-state index contributed by atoms with van der Waals surface area (Å²) in [6.07, 6.45) is 4.27. The summed E-state index contributed by atoms with van der Waals surface area (Å²) in [4.78, 5) is 43.6. The summed E-state index contributed by atoms with van der Waals surface area (Å²) in [5.74, 6) is -0.410. The zero-order chi connectivity index (χ0) is 25.5. The van der Waals surface area contributed by atoms with E-state index in [1.165, 1.54) is 10.1 Å². The fourth-order valence-corrected chi connectivity index (χ4v) is 4.49. The lowest BCUT2D eigenvalue weighted by atomic mass is 10.1. The van der Waals surface area contributed by atoms with Gasteiger partial charge in [0.2, 0.25) is 0 Å². The van der Waals surface area contributed by atoms with Crippen molar-refractivity contribution in [2.24, 2.45) is 0 Å².